The van der Waals surface area contributed by atoms with Crippen molar-refractivity contribution in [2.75, 3.05) is 0 Å². The molecular weight excluding hydrogens is 192 g/mol. The van der Waals surface area contributed by atoms with Gasteiger partial charge in [-0.2, -0.15) is 4.39 Å². The summed E-state index contributed by atoms with van der Waals surface area (Å²) < 4.78 is 25.1. The van der Waals surface area contributed by atoms with E-state index in [2.05, 4.69) is 0 Å². The van der Waals surface area contributed by atoms with E-state index in [-0.39, 0.29) is 0 Å². The third-order valence-corrected chi connectivity index (χ3v) is 1.45. The zero-order valence-electron chi connectivity index (χ0n) is 5.55. The van der Waals surface area contributed by atoms with Crippen molar-refractivity contribution in [1.82, 2.24) is 0 Å². The lowest BCUT2D eigenvalue weighted by molar-refractivity contribution is -0.387. The number of nitrogens with zero attached hydrogens (tertiary/aromatic N) is 1. The molecule has 0 aliphatic carbocycles. The number of halogens is 3. The molecule has 0 heterocycles. The van der Waals surface area contributed by atoms with E-state index in [0.29, 0.717) is 12.1 Å². The lowest BCUT2D eigenvalue weighted by atomic mass is 10.3. The topological polar surface area (TPSA) is 43.1 Å². The molecule has 1 aromatic carbocycles. The minimum absolute atomic E-state index is 0.473. The van der Waals surface area contributed by atoms with E-state index < -0.39 is 27.3 Å². The van der Waals surface area contributed by atoms with Crippen LogP contribution in [-0.2, 0) is 0 Å². The van der Waals surface area contributed by atoms with Crippen LogP contribution in [0.1, 0.15) is 0 Å². The fourth-order valence-corrected chi connectivity index (χ4v) is 0.876. The van der Waals surface area contributed by atoms with Crippen molar-refractivity contribution in [2.45, 2.75) is 0 Å². The van der Waals surface area contributed by atoms with E-state index in [9.17, 15) is 18.9 Å². The molecule has 64 valence electrons. The number of nitro benzene ring substituents is 1. The molecule has 0 saturated carbocycles. The molecular formula is C6H2ClF2NO2. The first-order valence-electron chi connectivity index (χ1n) is 2.81. The zero-order chi connectivity index (χ0) is 9.30. The SMILES string of the molecule is O=[N+]([O-])c1cc(F)cc(Cl)c1F. The zero-order valence-corrected chi connectivity index (χ0v) is 6.31. The van der Waals surface area contributed by atoms with Gasteiger partial charge in [0.05, 0.1) is 16.0 Å². The normalized spacial score (nSPS) is 9.92. The maximum Gasteiger partial charge on any atom is 0.309 e. The fraction of sp³-hybridized carbons (Fsp3) is 0. The van der Waals surface area contributed by atoms with Gasteiger partial charge in [0.15, 0.2) is 0 Å². The molecule has 12 heavy (non-hydrogen) atoms. The monoisotopic (exact) mass is 193 g/mol. The van der Waals surface area contributed by atoms with Gasteiger partial charge in [-0.1, -0.05) is 11.6 Å². The highest BCUT2D eigenvalue weighted by molar-refractivity contribution is 6.30. The van der Waals surface area contributed by atoms with E-state index in [0.717, 1.165) is 0 Å². The number of nitro groups is 1. The van der Waals surface area contributed by atoms with Gasteiger partial charge in [-0.25, -0.2) is 4.39 Å². The summed E-state index contributed by atoms with van der Waals surface area (Å²) in [7, 11) is 0. The van der Waals surface area contributed by atoms with Crippen molar-refractivity contribution in [3.8, 4) is 0 Å². The molecule has 0 aliphatic rings. The molecule has 0 bridgehead atoms. The van der Waals surface area contributed by atoms with Crippen LogP contribution in [0.25, 0.3) is 0 Å². The van der Waals surface area contributed by atoms with E-state index in [1.54, 1.807) is 0 Å². The van der Waals surface area contributed by atoms with Crippen LogP contribution < -0.4 is 0 Å². The van der Waals surface area contributed by atoms with Crippen molar-refractivity contribution in [3.05, 3.63) is 38.9 Å². The molecule has 1 rings (SSSR count). The average molecular weight is 194 g/mol. The maximum absolute atomic E-state index is 12.7. The quantitative estimate of drug-likeness (QED) is 0.391. The highest BCUT2D eigenvalue weighted by atomic mass is 35.5. The summed E-state index contributed by atoms with van der Waals surface area (Å²) in [6.07, 6.45) is 0. The lowest BCUT2D eigenvalue weighted by Crippen LogP contribution is -1.94. The molecule has 0 unspecified atom stereocenters. The van der Waals surface area contributed by atoms with Crippen molar-refractivity contribution >= 4 is 17.3 Å². The highest BCUT2D eigenvalue weighted by Gasteiger charge is 2.18. The van der Waals surface area contributed by atoms with Gasteiger partial charge in [-0.3, -0.25) is 10.1 Å². The number of benzene rings is 1. The molecule has 0 N–H and O–H groups in total. The van der Waals surface area contributed by atoms with Crippen LogP contribution in [0.15, 0.2) is 12.1 Å². The Balaban J connectivity index is 3.37. The van der Waals surface area contributed by atoms with Gasteiger partial charge in [0, 0.05) is 0 Å². The fourth-order valence-electron chi connectivity index (χ4n) is 0.675. The van der Waals surface area contributed by atoms with E-state index >= 15 is 0 Å². The molecule has 0 aliphatic heterocycles. The Morgan fingerprint density at radius 1 is 1.42 bits per heavy atom. The predicted octanol–water partition coefficient (Wildman–Crippen LogP) is 2.53. The van der Waals surface area contributed by atoms with Gasteiger partial charge in [0.2, 0.25) is 5.82 Å². The molecule has 0 radical (unpaired) electrons. The van der Waals surface area contributed by atoms with Crippen LogP contribution in [0.3, 0.4) is 0 Å². The van der Waals surface area contributed by atoms with Crippen LogP contribution in [0.2, 0.25) is 5.02 Å². The third-order valence-electron chi connectivity index (χ3n) is 1.17. The Morgan fingerprint density at radius 2 is 2.00 bits per heavy atom. The van der Waals surface area contributed by atoms with Gasteiger partial charge >= 0.3 is 5.69 Å². The molecule has 0 spiro atoms. The van der Waals surface area contributed by atoms with Crippen molar-refractivity contribution < 1.29 is 13.7 Å². The standard InChI is InChI=1S/C6H2ClF2NO2/c7-4-1-3(8)2-5(6(4)9)10(11)12/h1-2H. The molecule has 1 aromatic rings. The van der Waals surface area contributed by atoms with Crippen molar-refractivity contribution in [2.24, 2.45) is 0 Å². The first-order chi connectivity index (χ1) is 5.52. The second-order valence-electron chi connectivity index (χ2n) is 1.98. The van der Waals surface area contributed by atoms with Crippen LogP contribution in [0.4, 0.5) is 14.5 Å². The first kappa shape index (κ1) is 8.86. The summed E-state index contributed by atoms with van der Waals surface area (Å²) in [5.74, 6) is -2.16. The Kier molecular flexibility index (Phi) is 2.23. The summed E-state index contributed by atoms with van der Waals surface area (Å²) in [4.78, 5) is 9.03. The summed E-state index contributed by atoms with van der Waals surface area (Å²) >= 11 is 5.14. The Hall–Kier alpha value is -1.23. The van der Waals surface area contributed by atoms with Crippen LogP contribution in [0, 0.1) is 21.7 Å². The summed E-state index contributed by atoms with van der Waals surface area (Å²) in [6.45, 7) is 0. The Labute approximate surface area is 70.7 Å². The van der Waals surface area contributed by atoms with Gasteiger partial charge in [-0.15, -0.1) is 0 Å². The average Bonchev–Trinajstić information content (AvgIpc) is 1.96. The van der Waals surface area contributed by atoms with Gasteiger partial charge in [-0.05, 0) is 6.07 Å². The van der Waals surface area contributed by atoms with Crippen LogP contribution in [-0.4, -0.2) is 4.92 Å². The van der Waals surface area contributed by atoms with Gasteiger partial charge < -0.3 is 0 Å². The second kappa shape index (κ2) is 3.02. The Morgan fingerprint density at radius 3 is 2.50 bits per heavy atom. The second-order valence-corrected chi connectivity index (χ2v) is 2.39. The number of rotatable bonds is 1. The number of hydrogen-bond donors (Lipinski definition) is 0. The first-order valence-corrected chi connectivity index (χ1v) is 3.19. The van der Waals surface area contributed by atoms with Crippen molar-refractivity contribution in [1.29, 1.82) is 0 Å². The smallest absolute Gasteiger partial charge is 0.258 e. The van der Waals surface area contributed by atoms with Gasteiger partial charge in [0.1, 0.15) is 5.82 Å². The molecule has 0 aromatic heterocycles. The van der Waals surface area contributed by atoms with Crippen LogP contribution in [0.5, 0.6) is 0 Å². The minimum atomic E-state index is -1.22. The number of hydrogen-bond acceptors (Lipinski definition) is 2. The minimum Gasteiger partial charge on any atom is -0.258 e. The largest absolute Gasteiger partial charge is 0.309 e. The molecule has 0 saturated heterocycles. The molecule has 3 nitrogen and oxygen atoms in total. The highest BCUT2D eigenvalue weighted by Crippen LogP contribution is 2.25. The maximum atomic E-state index is 12.7. The predicted molar refractivity (Wildman–Crippen MR) is 38.0 cm³/mol. The summed E-state index contributed by atoms with van der Waals surface area (Å²) in [5, 5.41) is 9.47. The molecule has 0 fully saturated rings. The van der Waals surface area contributed by atoms with Gasteiger partial charge in [0.25, 0.3) is 0 Å². The molecule has 6 heteroatoms. The summed E-state index contributed by atoms with van der Waals surface area (Å²) in [6, 6.07) is 1.14. The van der Waals surface area contributed by atoms with Crippen LogP contribution >= 0.6 is 11.6 Å². The van der Waals surface area contributed by atoms with Crippen molar-refractivity contribution in [3.63, 3.8) is 0 Å². The summed E-state index contributed by atoms with van der Waals surface area (Å²) in [5.41, 5.74) is -0.958. The van der Waals surface area contributed by atoms with E-state index in [1.165, 1.54) is 0 Å². The van der Waals surface area contributed by atoms with E-state index in [4.69, 9.17) is 11.6 Å². The lowest BCUT2D eigenvalue weighted by Gasteiger charge is -1.95. The van der Waals surface area contributed by atoms with E-state index in [1.807, 2.05) is 0 Å². The Bertz CT molecular complexity index is 343. The molecule has 0 atom stereocenters. The molecule has 0 amide bonds. The third kappa shape index (κ3) is 1.50.